The third-order valence-corrected chi connectivity index (χ3v) is 5.78. The van der Waals surface area contributed by atoms with Gasteiger partial charge in [0.15, 0.2) is 6.29 Å². The van der Waals surface area contributed by atoms with Gasteiger partial charge < -0.3 is 14.6 Å². The lowest BCUT2D eigenvalue weighted by atomic mass is 9.98. The molecule has 9 nitrogen and oxygen atoms in total. The normalized spacial score (nSPS) is 12.0. The van der Waals surface area contributed by atoms with Crippen LogP contribution in [0.1, 0.15) is 31.5 Å². The minimum absolute atomic E-state index is 0.331. The molecule has 2 aromatic carbocycles. The van der Waals surface area contributed by atoms with Gasteiger partial charge in [-0.3, -0.25) is 4.98 Å². The zero-order chi connectivity index (χ0) is 24.9. The second kappa shape index (κ2) is 10.5. The number of hydrogen-bond donors (Lipinski definition) is 2. The highest BCUT2D eigenvalue weighted by molar-refractivity contribution is 5.82. The highest BCUT2D eigenvalue weighted by Gasteiger charge is 2.13. The Hall–Kier alpha value is -4.37. The number of aliphatic hydroxyl groups excluding tert-OH is 1. The van der Waals surface area contributed by atoms with E-state index in [2.05, 4.69) is 42.7 Å². The van der Waals surface area contributed by atoms with Crippen LogP contribution >= 0.6 is 0 Å². The Kier molecular flexibility index (Phi) is 6.81. The van der Waals surface area contributed by atoms with Gasteiger partial charge >= 0.3 is 0 Å². The van der Waals surface area contributed by atoms with Gasteiger partial charge in [-0.1, -0.05) is 62.4 Å². The van der Waals surface area contributed by atoms with Crippen molar-refractivity contribution in [2.45, 2.75) is 39.6 Å². The van der Waals surface area contributed by atoms with Crippen molar-refractivity contribution < 1.29 is 14.6 Å². The van der Waals surface area contributed by atoms with E-state index >= 15 is 0 Å². The molecular weight excluding hydrogens is 456 g/mol. The molecule has 2 N–H and O–H groups in total. The van der Waals surface area contributed by atoms with Crippen LogP contribution in [0.5, 0.6) is 11.6 Å². The van der Waals surface area contributed by atoms with Crippen LogP contribution in [0, 0.1) is 0 Å². The summed E-state index contributed by atoms with van der Waals surface area (Å²) in [6, 6.07) is 21.6. The van der Waals surface area contributed by atoms with Gasteiger partial charge in [0.1, 0.15) is 17.9 Å². The highest BCUT2D eigenvalue weighted by atomic mass is 16.6. The van der Waals surface area contributed by atoms with Crippen LogP contribution in [-0.4, -0.2) is 42.0 Å². The van der Waals surface area contributed by atoms with Gasteiger partial charge in [-0.2, -0.15) is 5.21 Å². The number of H-pyrrole nitrogens is 1. The van der Waals surface area contributed by atoms with E-state index in [9.17, 15) is 5.11 Å². The Balaban J connectivity index is 1.38. The number of aliphatic hydroxyl groups is 1. The third-order valence-electron chi connectivity index (χ3n) is 5.78. The molecule has 0 saturated carbocycles. The number of aromatic nitrogens is 6. The maximum Gasteiger partial charge on any atom is 0.216 e. The number of aryl methyl sites for hydroxylation is 1. The number of fused-ring (bicyclic) bond motifs is 1. The minimum Gasteiger partial charge on any atom is -0.486 e. The number of pyridine rings is 2. The molecule has 0 amide bonds. The quantitative estimate of drug-likeness (QED) is 0.290. The second-order valence-corrected chi connectivity index (χ2v) is 8.23. The standard InChI is InChI=1S/C27H26N6O3/c1-3-19-15-23(26-22(28-19)13-14-24(29-26)36-25(34)4-2)35-16-17-9-11-18(12-10-17)20-7-5-6-8-21(20)27-30-32-33-31-27/h5-15,25,34H,3-4,16H2,1-2H3,(H,30,31,32,33). The molecule has 5 aromatic rings. The van der Waals surface area contributed by atoms with E-state index < -0.39 is 6.29 Å². The van der Waals surface area contributed by atoms with Gasteiger partial charge in [-0.25, -0.2) is 4.98 Å². The maximum absolute atomic E-state index is 9.84. The lowest BCUT2D eigenvalue weighted by Crippen LogP contribution is -2.14. The smallest absolute Gasteiger partial charge is 0.216 e. The van der Waals surface area contributed by atoms with E-state index in [1.807, 2.05) is 62.4 Å². The van der Waals surface area contributed by atoms with Crippen LogP contribution in [0.15, 0.2) is 66.7 Å². The molecule has 182 valence electrons. The van der Waals surface area contributed by atoms with Crippen molar-refractivity contribution in [3.05, 3.63) is 78.0 Å². The lowest BCUT2D eigenvalue weighted by Gasteiger charge is -2.14. The molecule has 0 aliphatic heterocycles. The van der Waals surface area contributed by atoms with Crippen molar-refractivity contribution in [3.8, 4) is 34.1 Å². The Morgan fingerprint density at radius 2 is 1.75 bits per heavy atom. The average molecular weight is 483 g/mol. The molecule has 0 radical (unpaired) electrons. The van der Waals surface area contributed by atoms with Gasteiger partial charge in [-0.05, 0) is 34.4 Å². The summed E-state index contributed by atoms with van der Waals surface area (Å²) in [5, 5.41) is 24.3. The molecule has 0 aliphatic rings. The van der Waals surface area contributed by atoms with Crippen molar-refractivity contribution in [2.24, 2.45) is 0 Å². The van der Waals surface area contributed by atoms with E-state index in [-0.39, 0.29) is 0 Å². The van der Waals surface area contributed by atoms with Gasteiger partial charge in [0.05, 0.1) is 5.52 Å². The maximum atomic E-state index is 9.84. The summed E-state index contributed by atoms with van der Waals surface area (Å²) in [7, 11) is 0. The monoisotopic (exact) mass is 482 g/mol. The van der Waals surface area contributed by atoms with Gasteiger partial charge in [-0.15, -0.1) is 10.2 Å². The van der Waals surface area contributed by atoms with Crippen molar-refractivity contribution >= 4 is 11.0 Å². The summed E-state index contributed by atoms with van der Waals surface area (Å²) in [5.74, 6) is 1.51. The van der Waals surface area contributed by atoms with E-state index in [0.717, 1.165) is 39.9 Å². The topological polar surface area (TPSA) is 119 Å². The SMILES string of the molecule is CCc1cc(OCc2ccc(-c3ccccc3-c3nn[nH]n3)cc2)c2nc(OC(O)CC)ccc2n1. The zero-order valence-corrected chi connectivity index (χ0v) is 20.0. The molecule has 5 rings (SSSR count). The summed E-state index contributed by atoms with van der Waals surface area (Å²) in [5.41, 5.74) is 6.20. The number of tetrazole rings is 1. The van der Waals surface area contributed by atoms with Crippen LogP contribution in [0.3, 0.4) is 0 Å². The fourth-order valence-electron chi connectivity index (χ4n) is 3.84. The van der Waals surface area contributed by atoms with Crippen molar-refractivity contribution in [2.75, 3.05) is 0 Å². The summed E-state index contributed by atoms with van der Waals surface area (Å²) in [6.07, 6.45) is 0.324. The number of benzene rings is 2. The predicted molar refractivity (Wildman–Crippen MR) is 135 cm³/mol. The molecular formula is C27H26N6O3. The van der Waals surface area contributed by atoms with Crippen molar-refractivity contribution in [3.63, 3.8) is 0 Å². The molecule has 0 fully saturated rings. The Morgan fingerprint density at radius 1 is 0.944 bits per heavy atom. The van der Waals surface area contributed by atoms with Gasteiger partial charge in [0, 0.05) is 29.8 Å². The first-order valence-electron chi connectivity index (χ1n) is 11.8. The van der Waals surface area contributed by atoms with Crippen LogP contribution in [-0.2, 0) is 13.0 Å². The number of ether oxygens (including phenoxy) is 2. The van der Waals surface area contributed by atoms with Crippen molar-refractivity contribution in [1.82, 2.24) is 30.6 Å². The van der Waals surface area contributed by atoms with E-state index in [1.165, 1.54) is 0 Å². The second-order valence-electron chi connectivity index (χ2n) is 8.23. The third kappa shape index (κ3) is 5.01. The van der Waals surface area contributed by atoms with Crippen LogP contribution < -0.4 is 9.47 Å². The molecule has 3 heterocycles. The molecule has 0 saturated heterocycles. The summed E-state index contributed by atoms with van der Waals surface area (Å²) >= 11 is 0. The number of hydrogen-bond acceptors (Lipinski definition) is 8. The summed E-state index contributed by atoms with van der Waals surface area (Å²) < 4.78 is 11.7. The average Bonchev–Trinajstić information content (AvgIpc) is 3.47. The largest absolute Gasteiger partial charge is 0.486 e. The summed E-state index contributed by atoms with van der Waals surface area (Å²) in [6.45, 7) is 4.25. The highest BCUT2D eigenvalue weighted by Crippen LogP contribution is 2.31. The molecule has 36 heavy (non-hydrogen) atoms. The Morgan fingerprint density at radius 3 is 2.47 bits per heavy atom. The molecule has 3 aromatic heterocycles. The predicted octanol–water partition coefficient (Wildman–Crippen LogP) is 4.73. The molecule has 1 unspecified atom stereocenters. The number of aromatic amines is 1. The fraction of sp³-hybridized carbons (Fsp3) is 0.222. The molecule has 0 bridgehead atoms. The van der Waals surface area contributed by atoms with Gasteiger partial charge in [0.25, 0.3) is 0 Å². The Bertz CT molecular complexity index is 1450. The first-order chi connectivity index (χ1) is 17.6. The van der Waals surface area contributed by atoms with E-state index in [1.54, 1.807) is 6.07 Å². The van der Waals surface area contributed by atoms with E-state index in [0.29, 0.717) is 36.0 Å². The van der Waals surface area contributed by atoms with Crippen LogP contribution in [0.2, 0.25) is 0 Å². The molecule has 1 atom stereocenters. The number of rotatable bonds is 9. The van der Waals surface area contributed by atoms with E-state index in [4.69, 9.17) is 9.47 Å². The molecule has 0 aliphatic carbocycles. The van der Waals surface area contributed by atoms with Crippen LogP contribution in [0.4, 0.5) is 0 Å². The zero-order valence-electron chi connectivity index (χ0n) is 20.0. The first kappa shape index (κ1) is 23.4. The fourth-order valence-corrected chi connectivity index (χ4v) is 3.84. The number of nitrogens with one attached hydrogen (secondary N) is 1. The molecule has 9 heteroatoms. The molecule has 0 spiro atoms. The first-order valence-corrected chi connectivity index (χ1v) is 11.8. The van der Waals surface area contributed by atoms with Crippen molar-refractivity contribution in [1.29, 1.82) is 0 Å². The number of nitrogens with zero attached hydrogens (tertiary/aromatic N) is 5. The Labute approximate surface area is 208 Å². The summed E-state index contributed by atoms with van der Waals surface area (Å²) in [4.78, 5) is 9.20. The van der Waals surface area contributed by atoms with Crippen LogP contribution in [0.25, 0.3) is 33.5 Å². The lowest BCUT2D eigenvalue weighted by molar-refractivity contribution is -0.0220. The minimum atomic E-state index is -0.911. The van der Waals surface area contributed by atoms with Gasteiger partial charge in [0.2, 0.25) is 11.7 Å².